The Hall–Kier alpha value is -3.90. The van der Waals surface area contributed by atoms with E-state index in [9.17, 15) is 38.1 Å². The molecule has 4 rings (SSSR count). The van der Waals surface area contributed by atoms with E-state index >= 15 is 0 Å². The van der Waals surface area contributed by atoms with E-state index in [4.69, 9.17) is 9.47 Å². The molecule has 0 radical (unpaired) electrons. The lowest BCUT2D eigenvalue weighted by Gasteiger charge is -2.24. The van der Waals surface area contributed by atoms with E-state index in [2.05, 4.69) is 5.32 Å². The molecule has 0 saturated carbocycles. The molecule has 2 aliphatic rings. The normalized spacial score (nSPS) is 23.2. The largest absolute Gasteiger partial charge is 0.507 e. The van der Waals surface area contributed by atoms with Crippen LogP contribution in [0.25, 0.3) is 6.08 Å². The molecule has 2 heterocycles. The van der Waals surface area contributed by atoms with Gasteiger partial charge in [-0.25, -0.2) is 13.2 Å². The van der Waals surface area contributed by atoms with Crippen molar-refractivity contribution < 1.29 is 47.6 Å². The van der Waals surface area contributed by atoms with Gasteiger partial charge in [-0.1, -0.05) is 24.3 Å². The number of methoxy groups -OCH3 is 1. The maximum atomic E-state index is 13.5. The number of aliphatic hydroxyl groups is 1. The molecule has 1 saturated heterocycles. The summed E-state index contributed by atoms with van der Waals surface area (Å²) in [5, 5.41) is 35.7. The van der Waals surface area contributed by atoms with Crippen LogP contribution in [0.4, 0.5) is 0 Å². The van der Waals surface area contributed by atoms with Crippen molar-refractivity contribution in [3.05, 3.63) is 58.7 Å². The van der Waals surface area contributed by atoms with Gasteiger partial charge in [0.05, 0.1) is 36.9 Å². The smallest absolute Gasteiger partial charge is 0.342 e. The topological polar surface area (TPSA) is 177 Å². The zero-order valence-electron chi connectivity index (χ0n) is 24.8. The summed E-state index contributed by atoms with van der Waals surface area (Å²) >= 11 is 0. The summed E-state index contributed by atoms with van der Waals surface area (Å²) in [6.45, 7) is 1.70. The molecule has 0 aromatic heterocycles. The second-order valence-electron chi connectivity index (χ2n) is 11.4. The van der Waals surface area contributed by atoms with Crippen molar-refractivity contribution in [1.29, 1.82) is 0 Å². The van der Waals surface area contributed by atoms with Crippen LogP contribution < -0.4 is 10.1 Å². The summed E-state index contributed by atoms with van der Waals surface area (Å²) in [5.74, 6) is -3.57. The van der Waals surface area contributed by atoms with Crippen LogP contribution in [0.15, 0.2) is 36.4 Å². The molecule has 0 aliphatic carbocycles. The molecule has 4 unspecified atom stereocenters. The lowest BCUT2D eigenvalue weighted by atomic mass is 9.84. The Labute approximate surface area is 256 Å². The van der Waals surface area contributed by atoms with E-state index in [1.165, 1.54) is 13.2 Å². The number of phenols is 2. The SMILES string of the molecule is COc1ccc(C(CC(=O)NC2CS(=O)(=O)CC2O)c2c(O)cc3c(c2O)C(=O)OC(C)CCCC(=O)CCCC=C3)cc1. The summed E-state index contributed by atoms with van der Waals surface area (Å²) in [6, 6.07) is 6.91. The summed E-state index contributed by atoms with van der Waals surface area (Å²) in [4.78, 5) is 38.9. The fourth-order valence-electron chi connectivity index (χ4n) is 5.66. The number of ketones is 1. The van der Waals surface area contributed by atoms with Gasteiger partial charge in [-0.05, 0) is 61.9 Å². The maximum Gasteiger partial charge on any atom is 0.342 e. The number of sulfone groups is 1. The third kappa shape index (κ3) is 8.17. The Morgan fingerprint density at radius 2 is 1.82 bits per heavy atom. The van der Waals surface area contributed by atoms with Gasteiger partial charge in [0.2, 0.25) is 5.91 Å². The molecule has 44 heavy (non-hydrogen) atoms. The number of rotatable bonds is 6. The number of fused-ring (bicyclic) bond motifs is 1. The van der Waals surface area contributed by atoms with Crippen molar-refractivity contribution in [1.82, 2.24) is 5.32 Å². The Kier molecular flexibility index (Phi) is 10.7. The lowest BCUT2D eigenvalue weighted by molar-refractivity contribution is -0.122. The predicted octanol–water partition coefficient (Wildman–Crippen LogP) is 3.38. The van der Waals surface area contributed by atoms with E-state index in [-0.39, 0.29) is 34.6 Å². The molecule has 1 fully saturated rings. The fourth-order valence-corrected chi connectivity index (χ4v) is 7.40. The van der Waals surface area contributed by atoms with Gasteiger partial charge in [0, 0.05) is 30.7 Å². The first-order chi connectivity index (χ1) is 20.9. The number of cyclic esters (lactones) is 1. The number of aliphatic hydroxyl groups excluding tert-OH is 1. The van der Waals surface area contributed by atoms with Crippen molar-refractivity contribution in [2.24, 2.45) is 0 Å². The first kappa shape index (κ1) is 33.0. The molecule has 11 nitrogen and oxygen atoms in total. The molecule has 0 bridgehead atoms. The Balaban J connectivity index is 1.76. The Morgan fingerprint density at radius 1 is 1.11 bits per heavy atom. The fraction of sp³-hybridized carbons (Fsp3) is 0.469. The number of hydrogen-bond donors (Lipinski definition) is 4. The number of hydrogen-bond acceptors (Lipinski definition) is 10. The quantitative estimate of drug-likeness (QED) is 0.347. The minimum absolute atomic E-state index is 0.0895. The van der Waals surface area contributed by atoms with Crippen LogP contribution in [0.2, 0.25) is 0 Å². The number of aromatic hydroxyl groups is 2. The third-order valence-electron chi connectivity index (χ3n) is 7.98. The number of esters is 1. The summed E-state index contributed by atoms with van der Waals surface area (Å²) in [7, 11) is -2.03. The van der Waals surface area contributed by atoms with Crippen LogP contribution >= 0.6 is 0 Å². The predicted molar refractivity (Wildman–Crippen MR) is 162 cm³/mol. The van der Waals surface area contributed by atoms with Crippen molar-refractivity contribution in [2.75, 3.05) is 18.6 Å². The van der Waals surface area contributed by atoms with Gasteiger partial charge in [-0.15, -0.1) is 0 Å². The molecule has 0 spiro atoms. The van der Waals surface area contributed by atoms with Crippen LogP contribution in [-0.4, -0.2) is 78.3 Å². The van der Waals surface area contributed by atoms with E-state index in [1.54, 1.807) is 43.3 Å². The summed E-state index contributed by atoms with van der Waals surface area (Å²) in [5.41, 5.74) is 0.439. The van der Waals surface area contributed by atoms with Gasteiger partial charge >= 0.3 is 5.97 Å². The highest BCUT2D eigenvalue weighted by molar-refractivity contribution is 7.91. The molecule has 4 atom stereocenters. The average molecular weight is 630 g/mol. The lowest BCUT2D eigenvalue weighted by Crippen LogP contribution is -2.43. The molecule has 2 aromatic rings. The number of allylic oxidation sites excluding steroid dienone is 1. The monoisotopic (exact) mass is 629 g/mol. The maximum absolute atomic E-state index is 13.5. The van der Waals surface area contributed by atoms with Gasteiger partial charge in [-0.3, -0.25) is 9.59 Å². The molecule has 12 heteroatoms. The zero-order valence-corrected chi connectivity index (χ0v) is 25.6. The van der Waals surface area contributed by atoms with E-state index in [0.29, 0.717) is 49.8 Å². The second-order valence-corrected chi connectivity index (χ2v) is 13.6. The molecule has 238 valence electrons. The van der Waals surface area contributed by atoms with Crippen LogP contribution in [0.5, 0.6) is 17.2 Å². The number of carbonyl (C=O) groups excluding carboxylic acids is 3. The second kappa shape index (κ2) is 14.3. The summed E-state index contributed by atoms with van der Waals surface area (Å²) < 4.78 is 34.8. The minimum atomic E-state index is -3.52. The zero-order chi connectivity index (χ0) is 32.0. The van der Waals surface area contributed by atoms with Crippen LogP contribution in [-0.2, 0) is 24.2 Å². The van der Waals surface area contributed by atoms with Crippen LogP contribution in [0.1, 0.15) is 84.8 Å². The van der Waals surface area contributed by atoms with Crippen molar-refractivity contribution in [3.63, 3.8) is 0 Å². The Morgan fingerprint density at radius 3 is 2.48 bits per heavy atom. The number of phenolic OH excluding ortho intramolecular Hbond substituents is 2. The van der Waals surface area contributed by atoms with Crippen molar-refractivity contribution in [3.8, 4) is 17.2 Å². The number of ether oxygens (including phenoxy) is 2. The number of amides is 1. The van der Waals surface area contributed by atoms with E-state index in [0.717, 1.165) is 0 Å². The van der Waals surface area contributed by atoms with Gasteiger partial charge < -0.3 is 30.1 Å². The van der Waals surface area contributed by atoms with Crippen LogP contribution in [0, 0.1) is 0 Å². The standard InChI is InChI=1S/C32H39NO10S/c1-19-7-6-10-22(34)9-5-3-4-8-21-15-26(35)30(31(38)29(21)32(39)43-19)24(20-11-13-23(42-2)14-12-20)16-28(37)33-25-17-44(40,41)18-27(25)36/h4,8,11-15,19,24-25,27,35-36,38H,3,5-7,9-10,16-18H2,1-2H3,(H,33,37). The van der Waals surface area contributed by atoms with Crippen molar-refractivity contribution in [2.45, 2.75) is 76.0 Å². The highest BCUT2D eigenvalue weighted by atomic mass is 32.2. The number of Topliss-reactive ketones (excluding diaryl/α,β-unsaturated/α-hetero) is 1. The minimum Gasteiger partial charge on any atom is -0.507 e. The average Bonchev–Trinajstić information content (AvgIpc) is 3.21. The molecular formula is C32H39NO10S. The number of benzene rings is 2. The van der Waals surface area contributed by atoms with Gasteiger partial charge in [0.15, 0.2) is 9.84 Å². The first-order valence-electron chi connectivity index (χ1n) is 14.7. The van der Waals surface area contributed by atoms with Crippen LogP contribution in [0.3, 0.4) is 0 Å². The molecule has 4 N–H and O–H groups in total. The highest BCUT2D eigenvalue weighted by Gasteiger charge is 2.38. The van der Waals surface area contributed by atoms with Gasteiger partial charge in [0.25, 0.3) is 0 Å². The molecule has 2 aliphatic heterocycles. The van der Waals surface area contributed by atoms with E-state index < -0.39 is 63.1 Å². The Bertz CT molecular complexity index is 1520. The number of carbonyl (C=O) groups is 3. The highest BCUT2D eigenvalue weighted by Crippen LogP contribution is 2.44. The summed E-state index contributed by atoms with van der Waals surface area (Å²) in [6.07, 6.45) is 4.13. The van der Waals surface area contributed by atoms with Gasteiger partial charge in [0.1, 0.15) is 28.6 Å². The third-order valence-corrected chi connectivity index (χ3v) is 9.69. The number of nitrogens with one attached hydrogen (secondary N) is 1. The molecular weight excluding hydrogens is 590 g/mol. The van der Waals surface area contributed by atoms with Gasteiger partial charge in [-0.2, -0.15) is 0 Å². The first-order valence-corrected chi connectivity index (χ1v) is 16.5. The molecule has 2 aromatic carbocycles. The van der Waals surface area contributed by atoms with Crippen molar-refractivity contribution >= 4 is 33.6 Å². The van der Waals surface area contributed by atoms with E-state index in [1.807, 2.05) is 0 Å². The molecule has 1 amide bonds.